The van der Waals surface area contributed by atoms with Gasteiger partial charge in [0, 0.05) is 15.6 Å². The number of aryl methyl sites for hydroxylation is 2. The predicted octanol–water partition coefficient (Wildman–Crippen LogP) is 8.71. The molecule has 0 fully saturated rings. The molecule has 0 heterocycles. The number of benzene rings is 4. The fourth-order valence-corrected chi connectivity index (χ4v) is 4.18. The van der Waals surface area contributed by atoms with Gasteiger partial charge in [-0.1, -0.05) is 119 Å². The number of rotatable bonds is 4. The van der Waals surface area contributed by atoms with Crippen LogP contribution in [-0.2, 0) is 0 Å². The van der Waals surface area contributed by atoms with Crippen molar-refractivity contribution in [2.75, 3.05) is 0 Å². The average molecular weight is 484 g/mol. The van der Waals surface area contributed by atoms with E-state index in [1.807, 2.05) is 111 Å². The second-order valence-electron chi connectivity index (χ2n) is 7.64. The van der Waals surface area contributed by atoms with Gasteiger partial charge in [-0.2, -0.15) is 0 Å². The number of alkyl halides is 1. The molecule has 4 heteroatoms. The summed E-state index contributed by atoms with van der Waals surface area (Å²) in [5.74, 6) is 0. The minimum Gasteiger partial charge on any atom is -0.384 e. The second kappa shape index (κ2) is 11.5. The van der Waals surface area contributed by atoms with Crippen molar-refractivity contribution in [3.8, 4) is 0 Å². The van der Waals surface area contributed by atoms with Gasteiger partial charge >= 0.3 is 0 Å². The van der Waals surface area contributed by atoms with Crippen LogP contribution in [0.3, 0.4) is 0 Å². The third-order valence-corrected chi connectivity index (χ3v) is 6.25. The van der Waals surface area contributed by atoms with Crippen molar-refractivity contribution in [2.24, 2.45) is 0 Å². The first-order chi connectivity index (χ1) is 15.4. The standard InChI is InChI=1S/C14H12Cl2.C14H13ClO/c2*1-10-7-8-13(15)12(9-10)14(16)11-5-3-2-4-6-11/h2-9,14H,1H3;2-9,14,16H,1H3. The van der Waals surface area contributed by atoms with E-state index < -0.39 is 6.10 Å². The van der Waals surface area contributed by atoms with E-state index in [0.29, 0.717) is 5.02 Å². The molecule has 4 aromatic rings. The Morgan fingerprint density at radius 2 is 1.03 bits per heavy atom. The van der Waals surface area contributed by atoms with Gasteiger partial charge in [0.2, 0.25) is 0 Å². The SMILES string of the molecule is Cc1ccc(Cl)c(C(Cl)c2ccccc2)c1.Cc1ccc(Cl)c(C(O)c2ccccc2)c1. The zero-order valence-corrected chi connectivity index (χ0v) is 20.2. The van der Waals surface area contributed by atoms with Gasteiger partial charge in [-0.25, -0.2) is 0 Å². The lowest BCUT2D eigenvalue weighted by Gasteiger charge is -2.13. The van der Waals surface area contributed by atoms with Gasteiger partial charge in [-0.05, 0) is 42.7 Å². The number of hydrogen-bond donors (Lipinski definition) is 1. The molecular formula is C28H25Cl3O. The van der Waals surface area contributed by atoms with Gasteiger partial charge in [0.1, 0.15) is 6.10 Å². The first-order valence-corrected chi connectivity index (χ1v) is 11.5. The van der Waals surface area contributed by atoms with E-state index in [9.17, 15) is 5.11 Å². The summed E-state index contributed by atoms with van der Waals surface area (Å²) in [7, 11) is 0. The van der Waals surface area contributed by atoms with Crippen LogP contribution < -0.4 is 0 Å². The van der Waals surface area contributed by atoms with Crippen LogP contribution in [0, 0.1) is 13.8 Å². The molecule has 164 valence electrons. The molecule has 4 rings (SSSR count). The Morgan fingerprint density at radius 1 is 0.594 bits per heavy atom. The number of aliphatic hydroxyl groups excluding tert-OH is 1. The molecular weight excluding hydrogens is 459 g/mol. The monoisotopic (exact) mass is 482 g/mol. The lowest BCUT2D eigenvalue weighted by molar-refractivity contribution is 0.220. The number of aliphatic hydroxyl groups is 1. The number of halogens is 3. The van der Waals surface area contributed by atoms with Crippen molar-refractivity contribution in [3.05, 3.63) is 140 Å². The number of hydrogen-bond acceptors (Lipinski definition) is 1. The summed E-state index contributed by atoms with van der Waals surface area (Å²) in [6.45, 7) is 4.02. The highest BCUT2D eigenvalue weighted by atomic mass is 35.5. The first kappa shape index (κ1) is 24.4. The van der Waals surface area contributed by atoms with Crippen LogP contribution in [0.15, 0.2) is 97.1 Å². The van der Waals surface area contributed by atoms with Crippen LogP contribution in [0.5, 0.6) is 0 Å². The molecule has 2 atom stereocenters. The minimum absolute atomic E-state index is 0.186. The van der Waals surface area contributed by atoms with E-state index in [0.717, 1.165) is 32.8 Å². The Kier molecular flexibility index (Phi) is 8.78. The molecule has 0 aliphatic carbocycles. The van der Waals surface area contributed by atoms with Gasteiger partial charge in [0.05, 0.1) is 5.38 Å². The molecule has 4 aromatic carbocycles. The molecule has 0 aromatic heterocycles. The molecule has 0 saturated carbocycles. The quantitative estimate of drug-likeness (QED) is 0.288. The van der Waals surface area contributed by atoms with Gasteiger partial charge in [0.15, 0.2) is 0 Å². The van der Waals surface area contributed by atoms with Crippen molar-refractivity contribution in [1.29, 1.82) is 0 Å². The van der Waals surface area contributed by atoms with Gasteiger partial charge in [-0.15, -0.1) is 11.6 Å². The minimum atomic E-state index is -0.659. The van der Waals surface area contributed by atoms with Crippen molar-refractivity contribution in [3.63, 3.8) is 0 Å². The smallest absolute Gasteiger partial charge is 0.105 e. The van der Waals surface area contributed by atoms with Crippen molar-refractivity contribution >= 4 is 34.8 Å². The molecule has 32 heavy (non-hydrogen) atoms. The summed E-state index contributed by atoms with van der Waals surface area (Å²) >= 11 is 18.7. The van der Waals surface area contributed by atoms with Crippen molar-refractivity contribution < 1.29 is 5.11 Å². The third kappa shape index (κ3) is 6.37. The zero-order chi connectivity index (χ0) is 23.1. The fourth-order valence-electron chi connectivity index (χ4n) is 3.35. The Labute approximate surface area is 205 Å². The van der Waals surface area contributed by atoms with Gasteiger partial charge < -0.3 is 5.11 Å². The first-order valence-electron chi connectivity index (χ1n) is 10.3. The maximum Gasteiger partial charge on any atom is 0.105 e. The maximum absolute atomic E-state index is 10.2. The average Bonchev–Trinajstić information content (AvgIpc) is 2.83. The van der Waals surface area contributed by atoms with Gasteiger partial charge in [-0.3, -0.25) is 0 Å². The molecule has 0 bridgehead atoms. The lowest BCUT2D eigenvalue weighted by Crippen LogP contribution is -2.00. The third-order valence-electron chi connectivity index (χ3n) is 5.08. The Bertz CT molecular complexity index is 1050. The van der Waals surface area contributed by atoms with Crippen LogP contribution in [0.25, 0.3) is 0 Å². The van der Waals surface area contributed by atoms with E-state index in [4.69, 9.17) is 34.8 Å². The van der Waals surface area contributed by atoms with E-state index in [2.05, 4.69) is 0 Å². The van der Waals surface area contributed by atoms with Gasteiger partial charge in [0.25, 0.3) is 0 Å². The van der Waals surface area contributed by atoms with E-state index >= 15 is 0 Å². The molecule has 0 saturated heterocycles. The van der Waals surface area contributed by atoms with Crippen LogP contribution in [0.1, 0.15) is 44.9 Å². The Hall–Kier alpha value is -2.29. The molecule has 1 N–H and O–H groups in total. The topological polar surface area (TPSA) is 20.2 Å². The zero-order valence-electron chi connectivity index (χ0n) is 18.0. The van der Waals surface area contributed by atoms with Crippen molar-refractivity contribution in [1.82, 2.24) is 0 Å². The summed E-state index contributed by atoms with van der Waals surface area (Å²) in [5.41, 5.74) is 5.91. The Morgan fingerprint density at radius 3 is 1.56 bits per heavy atom. The summed E-state index contributed by atoms with van der Waals surface area (Å²) < 4.78 is 0. The van der Waals surface area contributed by atoms with E-state index in [1.54, 1.807) is 0 Å². The molecule has 1 nitrogen and oxygen atoms in total. The van der Waals surface area contributed by atoms with E-state index in [1.165, 1.54) is 5.56 Å². The molecule has 0 aliphatic rings. The van der Waals surface area contributed by atoms with Crippen LogP contribution in [0.2, 0.25) is 10.0 Å². The van der Waals surface area contributed by atoms with Crippen LogP contribution in [0.4, 0.5) is 0 Å². The lowest BCUT2D eigenvalue weighted by atomic mass is 10.00. The van der Waals surface area contributed by atoms with Crippen molar-refractivity contribution in [2.45, 2.75) is 25.3 Å². The highest BCUT2D eigenvalue weighted by Crippen LogP contribution is 2.34. The second-order valence-corrected chi connectivity index (χ2v) is 8.89. The fraction of sp³-hybridized carbons (Fsp3) is 0.143. The highest BCUT2D eigenvalue weighted by molar-refractivity contribution is 6.33. The van der Waals surface area contributed by atoms with Crippen LogP contribution >= 0.6 is 34.8 Å². The molecule has 0 aliphatic heterocycles. The summed E-state index contributed by atoms with van der Waals surface area (Å²) in [6.07, 6.45) is -0.659. The highest BCUT2D eigenvalue weighted by Gasteiger charge is 2.14. The van der Waals surface area contributed by atoms with Crippen LogP contribution in [-0.4, -0.2) is 5.11 Å². The normalized spacial score (nSPS) is 12.4. The Balaban J connectivity index is 0.000000181. The molecule has 0 radical (unpaired) electrons. The maximum atomic E-state index is 10.2. The molecule has 2 unspecified atom stereocenters. The predicted molar refractivity (Wildman–Crippen MR) is 137 cm³/mol. The summed E-state index contributed by atoms with van der Waals surface area (Å²) in [4.78, 5) is 0. The summed E-state index contributed by atoms with van der Waals surface area (Å²) in [6, 6.07) is 31.1. The molecule has 0 spiro atoms. The molecule has 0 amide bonds. The summed E-state index contributed by atoms with van der Waals surface area (Å²) in [5, 5.41) is 11.3. The largest absolute Gasteiger partial charge is 0.384 e. The van der Waals surface area contributed by atoms with E-state index in [-0.39, 0.29) is 5.38 Å².